The molecule has 1 amide bonds. The zero-order chi connectivity index (χ0) is 11.9. The van der Waals surface area contributed by atoms with Crippen LogP contribution in [0.3, 0.4) is 0 Å². The Kier molecular flexibility index (Phi) is 9.86. The molecule has 6 heteroatoms. The second-order valence-corrected chi connectivity index (χ2v) is 4.04. The standard InChI is InChI=1S/C10H18N2O3.Na/c1-4-9(13)11-6-5-7-12(2,3)8-10(14)15;/h4H,1,5-8H2,2-3H3,(H-,11,13,14,15);/q;+1. The minimum atomic E-state index is -1.06. The van der Waals surface area contributed by atoms with Crippen LogP contribution in [0.15, 0.2) is 12.7 Å². The summed E-state index contributed by atoms with van der Waals surface area (Å²) in [5, 5.41) is 13.0. The number of likely N-dealkylation sites (N-methyl/N-ethyl adjacent to an activating group) is 1. The van der Waals surface area contributed by atoms with E-state index in [1.54, 1.807) is 0 Å². The Labute approximate surface area is 118 Å². The molecule has 0 fully saturated rings. The Morgan fingerprint density at radius 3 is 2.44 bits per heavy atom. The number of hydrogen-bond acceptors (Lipinski definition) is 3. The fourth-order valence-corrected chi connectivity index (χ4v) is 1.22. The van der Waals surface area contributed by atoms with Gasteiger partial charge in [0.2, 0.25) is 5.91 Å². The Morgan fingerprint density at radius 1 is 1.44 bits per heavy atom. The van der Waals surface area contributed by atoms with Gasteiger partial charge in [-0.25, -0.2) is 0 Å². The van der Waals surface area contributed by atoms with Crippen molar-refractivity contribution >= 4 is 11.9 Å². The molecule has 0 aliphatic carbocycles. The summed E-state index contributed by atoms with van der Waals surface area (Å²) in [6.45, 7) is 4.51. The summed E-state index contributed by atoms with van der Waals surface area (Å²) in [5.74, 6) is -1.27. The summed E-state index contributed by atoms with van der Waals surface area (Å²) in [5.41, 5.74) is 0. The summed E-state index contributed by atoms with van der Waals surface area (Å²) in [6, 6.07) is 0. The van der Waals surface area contributed by atoms with Crippen LogP contribution in [-0.2, 0) is 9.59 Å². The third kappa shape index (κ3) is 10.2. The van der Waals surface area contributed by atoms with Crippen LogP contribution in [0.5, 0.6) is 0 Å². The van der Waals surface area contributed by atoms with Crippen LogP contribution in [0.4, 0.5) is 0 Å². The van der Waals surface area contributed by atoms with E-state index in [1.807, 2.05) is 14.1 Å². The summed E-state index contributed by atoms with van der Waals surface area (Å²) in [6.07, 6.45) is 1.93. The molecule has 86 valence electrons. The molecule has 0 saturated carbocycles. The van der Waals surface area contributed by atoms with Gasteiger partial charge in [0.05, 0.1) is 26.6 Å². The van der Waals surface area contributed by atoms with Gasteiger partial charge in [-0.3, -0.25) is 4.79 Å². The van der Waals surface area contributed by atoms with Crippen LogP contribution in [0.1, 0.15) is 6.42 Å². The average molecular weight is 237 g/mol. The first kappa shape index (κ1) is 18.0. The number of amides is 1. The van der Waals surface area contributed by atoms with E-state index in [-0.39, 0.29) is 42.0 Å². The number of hydrogen-bond donors (Lipinski definition) is 1. The fourth-order valence-electron chi connectivity index (χ4n) is 1.22. The van der Waals surface area contributed by atoms with E-state index in [4.69, 9.17) is 0 Å². The molecule has 0 bridgehead atoms. The van der Waals surface area contributed by atoms with Gasteiger partial charge in [0.15, 0.2) is 0 Å². The molecule has 0 aliphatic rings. The third-order valence-electron chi connectivity index (χ3n) is 1.98. The summed E-state index contributed by atoms with van der Waals surface area (Å²) in [7, 11) is 3.62. The molecule has 0 radical (unpaired) electrons. The predicted molar refractivity (Wildman–Crippen MR) is 54.7 cm³/mol. The Balaban J connectivity index is 0. The molecule has 1 N–H and O–H groups in total. The summed E-state index contributed by atoms with van der Waals surface area (Å²) in [4.78, 5) is 21.2. The first-order valence-electron chi connectivity index (χ1n) is 4.79. The Hall–Kier alpha value is -0.360. The molecule has 0 aromatic heterocycles. The topological polar surface area (TPSA) is 69.2 Å². The molecule has 0 saturated heterocycles. The molecular weight excluding hydrogens is 219 g/mol. The van der Waals surface area contributed by atoms with Crippen molar-refractivity contribution < 1.29 is 48.7 Å². The van der Waals surface area contributed by atoms with Crippen LogP contribution < -0.4 is 40.0 Å². The SMILES string of the molecule is C=CC(=O)NCCC[N+](C)(C)CC(=O)[O-].[Na+]. The first-order chi connectivity index (χ1) is 6.87. The first-order valence-corrected chi connectivity index (χ1v) is 4.79. The Bertz CT molecular complexity index is 254. The van der Waals surface area contributed by atoms with Crippen molar-refractivity contribution in [2.24, 2.45) is 0 Å². The number of carbonyl (C=O) groups excluding carboxylic acids is 2. The number of carboxylic acid groups (broad SMARTS) is 1. The zero-order valence-corrected chi connectivity index (χ0v) is 12.3. The maximum absolute atomic E-state index is 10.8. The van der Waals surface area contributed by atoms with Gasteiger partial charge in [-0.2, -0.15) is 0 Å². The van der Waals surface area contributed by atoms with E-state index in [1.165, 1.54) is 6.08 Å². The van der Waals surface area contributed by atoms with Gasteiger partial charge in [-0.05, 0) is 6.08 Å². The van der Waals surface area contributed by atoms with Gasteiger partial charge >= 0.3 is 29.6 Å². The average Bonchev–Trinajstić information content (AvgIpc) is 2.10. The minimum absolute atomic E-state index is 0. The zero-order valence-electron chi connectivity index (χ0n) is 10.3. The molecule has 0 unspecified atom stereocenters. The second-order valence-electron chi connectivity index (χ2n) is 4.04. The molecule has 16 heavy (non-hydrogen) atoms. The molecule has 0 atom stereocenters. The largest absolute Gasteiger partial charge is 1.00 e. The molecular formula is C10H18N2NaO3+. The smallest absolute Gasteiger partial charge is 0.544 e. The van der Waals surface area contributed by atoms with Crippen molar-refractivity contribution in [3.05, 3.63) is 12.7 Å². The Morgan fingerprint density at radius 2 is 2.00 bits per heavy atom. The predicted octanol–water partition coefficient (Wildman–Crippen LogP) is -4.49. The van der Waals surface area contributed by atoms with Gasteiger partial charge in [-0.15, -0.1) is 0 Å². The monoisotopic (exact) mass is 237 g/mol. The van der Waals surface area contributed by atoms with Crippen molar-refractivity contribution in [1.82, 2.24) is 5.32 Å². The van der Waals surface area contributed by atoms with Crippen molar-refractivity contribution in [2.75, 3.05) is 33.7 Å². The van der Waals surface area contributed by atoms with E-state index in [9.17, 15) is 14.7 Å². The molecule has 5 nitrogen and oxygen atoms in total. The molecule has 0 aromatic carbocycles. The van der Waals surface area contributed by atoms with Crippen LogP contribution in [0, 0.1) is 0 Å². The van der Waals surface area contributed by atoms with Crippen LogP contribution in [0.2, 0.25) is 0 Å². The van der Waals surface area contributed by atoms with E-state index in [2.05, 4.69) is 11.9 Å². The molecule has 0 heterocycles. The van der Waals surface area contributed by atoms with Gasteiger partial charge in [0, 0.05) is 13.0 Å². The number of carboxylic acids is 1. The maximum atomic E-state index is 10.8. The number of aliphatic carboxylic acids is 1. The van der Waals surface area contributed by atoms with Gasteiger partial charge in [0.25, 0.3) is 0 Å². The molecule has 0 spiro atoms. The van der Waals surface area contributed by atoms with E-state index in [0.29, 0.717) is 17.6 Å². The number of nitrogens with zero attached hydrogens (tertiary/aromatic N) is 1. The van der Waals surface area contributed by atoms with Crippen molar-refractivity contribution in [3.63, 3.8) is 0 Å². The number of quaternary nitrogens is 1. The number of nitrogens with one attached hydrogen (secondary N) is 1. The number of rotatable bonds is 7. The van der Waals surface area contributed by atoms with Crippen molar-refractivity contribution in [1.29, 1.82) is 0 Å². The van der Waals surface area contributed by atoms with Gasteiger partial charge in [0.1, 0.15) is 6.54 Å². The van der Waals surface area contributed by atoms with Crippen molar-refractivity contribution in [3.8, 4) is 0 Å². The number of carbonyl (C=O) groups is 2. The fraction of sp³-hybridized carbons (Fsp3) is 0.600. The maximum Gasteiger partial charge on any atom is 1.00 e. The second kappa shape index (κ2) is 8.75. The van der Waals surface area contributed by atoms with Crippen LogP contribution >= 0.6 is 0 Å². The molecule has 0 aromatic rings. The molecule has 0 rings (SSSR count). The van der Waals surface area contributed by atoms with E-state index < -0.39 is 5.97 Å². The normalized spacial score (nSPS) is 10.1. The van der Waals surface area contributed by atoms with Crippen molar-refractivity contribution in [2.45, 2.75) is 6.42 Å². The van der Waals surface area contributed by atoms with E-state index in [0.717, 1.165) is 6.42 Å². The summed E-state index contributed by atoms with van der Waals surface area (Å²) >= 11 is 0. The minimum Gasteiger partial charge on any atom is -0.544 e. The third-order valence-corrected chi connectivity index (χ3v) is 1.98. The van der Waals surface area contributed by atoms with Gasteiger partial charge < -0.3 is 19.7 Å². The van der Waals surface area contributed by atoms with Gasteiger partial charge in [-0.1, -0.05) is 6.58 Å². The molecule has 0 aliphatic heterocycles. The van der Waals surface area contributed by atoms with E-state index >= 15 is 0 Å². The summed E-state index contributed by atoms with van der Waals surface area (Å²) < 4.78 is 0.353. The quantitative estimate of drug-likeness (QED) is 0.210. The van der Waals surface area contributed by atoms with Crippen LogP contribution in [-0.4, -0.2) is 50.1 Å². The van der Waals surface area contributed by atoms with Crippen LogP contribution in [0.25, 0.3) is 0 Å².